The smallest absolute Gasteiger partial charge is 0.325 e. The molecule has 1 heterocycles. The molecule has 3 amide bonds. The van der Waals surface area contributed by atoms with Crippen LogP contribution in [0, 0.1) is 0 Å². The Kier molecular flexibility index (Phi) is 7.00. The van der Waals surface area contributed by atoms with Crippen molar-refractivity contribution in [2.45, 2.75) is 63.8 Å². The number of hydrogen-bond donors (Lipinski definition) is 3. The third-order valence-corrected chi connectivity index (χ3v) is 6.48. The van der Waals surface area contributed by atoms with Gasteiger partial charge in [0.2, 0.25) is 0 Å². The number of guanidine groups is 1. The minimum atomic E-state index is -0.768. The Balaban J connectivity index is 1.52. The van der Waals surface area contributed by atoms with E-state index in [1.54, 1.807) is 6.92 Å². The van der Waals surface area contributed by atoms with Gasteiger partial charge in [-0.3, -0.25) is 14.7 Å². The molecule has 0 spiro atoms. The number of urea groups is 1. The molecule has 0 radical (unpaired) electrons. The highest BCUT2D eigenvalue weighted by Gasteiger charge is 2.46. The number of amides is 3. The van der Waals surface area contributed by atoms with Crippen LogP contribution >= 0.6 is 0 Å². The predicted octanol–water partition coefficient (Wildman–Crippen LogP) is 2.77. The van der Waals surface area contributed by atoms with Crippen LogP contribution in [0.3, 0.4) is 0 Å². The summed E-state index contributed by atoms with van der Waals surface area (Å²) in [6.45, 7) is 8.33. The molecule has 7 nitrogen and oxygen atoms in total. The van der Waals surface area contributed by atoms with Crippen LogP contribution in [-0.2, 0) is 10.2 Å². The van der Waals surface area contributed by atoms with Gasteiger partial charge in [-0.2, -0.15) is 0 Å². The molecule has 0 aromatic heterocycles. The van der Waals surface area contributed by atoms with E-state index in [1.807, 2.05) is 13.8 Å². The van der Waals surface area contributed by atoms with E-state index < -0.39 is 5.54 Å². The van der Waals surface area contributed by atoms with Crippen molar-refractivity contribution in [3.63, 3.8) is 0 Å². The molecule has 2 fully saturated rings. The Morgan fingerprint density at radius 1 is 1.17 bits per heavy atom. The van der Waals surface area contributed by atoms with E-state index in [-0.39, 0.29) is 17.4 Å². The molecular weight excluding hydrogens is 378 g/mol. The SMILES string of the molecule is CCNC(=NCC1(c2ccccc2)CCC1)NCCCN1C(=O)NC(C)(CC)C1=O. The first kappa shape index (κ1) is 22.1. The second-order valence-electron chi connectivity index (χ2n) is 8.55. The van der Waals surface area contributed by atoms with Gasteiger partial charge in [-0.05, 0) is 45.1 Å². The highest BCUT2D eigenvalue weighted by atomic mass is 16.2. The fourth-order valence-electron chi connectivity index (χ4n) is 4.14. The first-order valence-electron chi connectivity index (χ1n) is 11.2. The second-order valence-corrected chi connectivity index (χ2v) is 8.55. The van der Waals surface area contributed by atoms with Gasteiger partial charge < -0.3 is 16.0 Å². The summed E-state index contributed by atoms with van der Waals surface area (Å²) in [5.41, 5.74) is 0.748. The number of benzene rings is 1. The van der Waals surface area contributed by atoms with Gasteiger partial charge in [0, 0.05) is 25.0 Å². The summed E-state index contributed by atoms with van der Waals surface area (Å²) in [7, 11) is 0. The van der Waals surface area contributed by atoms with Crippen LogP contribution in [0.1, 0.15) is 58.4 Å². The van der Waals surface area contributed by atoms with Crippen LogP contribution < -0.4 is 16.0 Å². The molecule has 1 saturated carbocycles. The molecule has 7 heteroatoms. The zero-order valence-corrected chi connectivity index (χ0v) is 18.5. The molecule has 0 bridgehead atoms. The van der Waals surface area contributed by atoms with Crippen molar-refractivity contribution < 1.29 is 9.59 Å². The predicted molar refractivity (Wildman–Crippen MR) is 120 cm³/mol. The van der Waals surface area contributed by atoms with Gasteiger partial charge in [0.25, 0.3) is 5.91 Å². The first-order chi connectivity index (χ1) is 14.4. The van der Waals surface area contributed by atoms with E-state index in [0.29, 0.717) is 25.9 Å². The maximum absolute atomic E-state index is 12.5. The number of imide groups is 1. The summed E-state index contributed by atoms with van der Waals surface area (Å²) < 4.78 is 0. The Morgan fingerprint density at radius 3 is 2.47 bits per heavy atom. The molecule has 1 aliphatic heterocycles. The van der Waals surface area contributed by atoms with Crippen LogP contribution in [0.2, 0.25) is 0 Å². The maximum atomic E-state index is 12.5. The topological polar surface area (TPSA) is 85.8 Å². The number of nitrogens with zero attached hydrogens (tertiary/aromatic N) is 2. The number of carbonyl (C=O) groups is 2. The number of aliphatic imine (C=N–C) groups is 1. The Hall–Kier alpha value is -2.57. The number of rotatable bonds is 9. The first-order valence-corrected chi connectivity index (χ1v) is 11.2. The fourth-order valence-corrected chi connectivity index (χ4v) is 4.14. The third kappa shape index (κ3) is 4.60. The average molecular weight is 414 g/mol. The van der Waals surface area contributed by atoms with Crippen molar-refractivity contribution in [3.8, 4) is 0 Å². The zero-order chi connectivity index (χ0) is 21.6. The van der Waals surface area contributed by atoms with Crippen LogP contribution in [0.15, 0.2) is 35.3 Å². The second kappa shape index (κ2) is 9.49. The van der Waals surface area contributed by atoms with Crippen LogP contribution in [0.4, 0.5) is 4.79 Å². The van der Waals surface area contributed by atoms with E-state index in [2.05, 4.69) is 46.3 Å². The van der Waals surface area contributed by atoms with Crippen molar-refractivity contribution in [1.29, 1.82) is 0 Å². The number of hydrogen-bond acceptors (Lipinski definition) is 3. The highest BCUT2D eigenvalue weighted by Crippen LogP contribution is 2.43. The molecule has 1 atom stereocenters. The van der Waals surface area contributed by atoms with E-state index in [1.165, 1.54) is 29.7 Å². The van der Waals surface area contributed by atoms with Gasteiger partial charge >= 0.3 is 6.03 Å². The van der Waals surface area contributed by atoms with Gasteiger partial charge in [0.05, 0.1) is 6.54 Å². The molecule has 1 unspecified atom stereocenters. The lowest BCUT2D eigenvalue weighted by Gasteiger charge is -2.41. The Bertz CT molecular complexity index is 775. The normalized spacial score (nSPS) is 23.2. The minimum Gasteiger partial charge on any atom is -0.357 e. The summed E-state index contributed by atoms with van der Waals surface area (Å²) in [5.74, 6) is 0.653. The van der Waals surface area contributed by atoms with Crippen molar-refractivity contribution >= 4 is 17.9 Å². The lowest BCUT2D eigenvalue weighted by atomic mass is 9.64. The number of carbonyl (C=O) groups excluding carboxylic acids is 2. The summed E-state index contributed by atoms with van der Waals surface area (Å²) >= 11 is 0. The minimum absolute atomic E-state index is 0.134. The lowest BCUT2D eigenvalue weighted by molar-refractivity contribution is -0.130. The van der Waals surface area contributed by atoms with Gasteiger partial charge in [-0.15, -0.1) is 0 Å². The van der Waals surface area contributed by atoms with Crippen molar-refractivity contribution in [1.82, 2.24) is 20.9 Å². The maximum Gasteiger partial charge on any atom is 0.325 e. The molecule has 1 aromatic rings. The molecule has 1 aromatic carbocycles. The quantitative estimate of drug-likeness (QED) is 0.251. The molecule has 1 saturated heterocycles. The highest BCUT2D eigenvalue weighted by molar-refractivity contribution is 6.06. The van der Waals surface area contributed by atoms with Gasteiger partial charge in [-0.25, -0.2) is 4.79 Å². The summed E-state index contributed by atoms with van der Waals surface area (Å²) in [6.07, 6.45) is 4.85. The Morgan fingerprint density at radius 2 is 1.90 bits per heavy atom. The van der Waals surface area contributed by atoms with Crippen molar-refractivity contribution in [2.75, 3.05) is 26.2 Å². The van der Waals surface area contributed by atoms with E-state index >= 15 is 0 Å². The zero-order valence-electron chi connectivity index (χ0n) is 18.5. The molecular formula is C23H35N5O2. The summed E-state index contributed by atoms with van der Waals surface area (Å²) in [6, 6.07) is 10.4. The lowest BCUT2D eigenvalue weighted by Crippen LogP contribution is -2.43. The number of nitrogens with one attached hydrogen (secondary N) is 3. The molecule has 2 aliphatic rings. The fraction of sp³-hybridized carbons (Fsp3) is 0.609. The molecule has 164 valence electrons. The Labute approximate surface area is 179 Å². The molecule has 30 heavy (non-hydrogen) atoms. The van der Waals surface area contributed by atoms with E-state index in [0.717, 1.165) is 19.0 Å². The van der Waals surface area contributed by atoms with Crippen molar-refractivity contribution in [3.05, 3.63) is 35.9 Å². The molecule has 3 N–H and O–H groups in total. The van der Waals surface area contributed by atoms with Crippen LogP contribution in [0.25, 0.3) is 0 Å². The standard InChI is InChI=1S/C23H35N5O2/c1-4-22(3)19(29)28(21(30)27-22)16-10-15-25-20(24-5-2)26-17-23(13-9-14-23)18-11-7-6-8-12-18/h6-8,11-12H,4-5,9-10,13-17H2,1-3H3,(H,27,30)(H2,24,25,26). The van der Waals surface area contributed by atoms with E-state index in [4.69, 9.17) is 4.99 Å². The summed E-state index contributed by atoms with van der Waals surface area (Å²) in [4.78, 5) is 30.8. The third-order valence-electron chi connectivity index (χ3n) is 6.48. The average Bonchev–Trinajstić information content (AvgIpc) is 2.94. The largest absolute Gasteiger partial charge is 0.357 e. The van der Waals surface area contributed by atoms with Gasteiger partial charge in [0.1, 0.15) is 5.54 Å². The molecule has 1 aliphatic carbocycles. The van der Waals surface area contributed by atoms with Crippen LogP contribution in [0.5, 0.6) is 0 Å². The van der Waals surface area contributed by atoms with E-state index in [9.17, 15) is 9.59 Å². The van der Waals surface area contributed by atoms with Gasteiger partial charge in [-0.1, -0.05) is 43.7 Å². The van der Waals surface area contributed by atoms with Crippen molar-refractivity contribution in [2.24, 2.45) is 4.99 Å². The van der Waals surface area contributed by atoms with Crippen LogP contribution in [-0.4, -0.2) is 54.5 Å². The van der Waals surface area contributed by atoms with Gasteiger partial charge in [0.15, 0.2) is 5.96 Å². The summed E-state index contributed by atoms with van der Waals surface area (Å²) in [5, 5.41) is 9.45. The molecule has 3 rings (SSSR count). The monoisotopic (exact) mass is 413 g/mol.